The lowest BCUT2D eigenvalue weighted by Gasteiger charge is -2.32. The van der Waals surface area contributed by atoms with Crippen molar-refractivity contribution in [1.29, 1.82) is 0 Å². The van der Waals surface area contributed by atoms with Gasteiger partial charge in [0.15, 0.2) is 17.5 Å². The molecule has 1 aliphatic carbocycles. The van der Waals surface area contributed by atoms with Crippen LogP contribution in [0.3, 0.4) is 0 Å². The molecule has 2 aromatic heterocycles. The first-order valence-corrected chi connectivity index (χ1v) is 14.2. The minimum atomic E-state index is -0.843. The number of hydrogen-bond donors (Lipinski definition) is 2. The van der Waals surface area contributed by atoms with Gasteiger partial charge in [0.1, 0.15) is 0 Å². The molecule has 37 heavy (non-hydrogen) atoms. The molecular formula is C28H29N7OS. The Bertz CT molecular complexity index is 1460. The van der Waals surface area contributed by atoms with Crippen molar-refractivity contribution < 1.29 is 4.21 Å². The summed E-state index contributed by atoms with van der Waals surface area (Å²) in [7, 11) is -0.843. The van der Waals surface area contributed by atoms with Gasteiger partial charge in [-0.05, 0) is 55.5 Å². The maximum Gasteiger partial charge on any atom is 0.171 e. The third-order valence-corrected chi connectivity index (χ3v) is 9.07. The number of hydrogen-bond acceptors (Lipinski definition) is 6. The van der Waals surface area contributed by atoms with Crippen LogP contribution in [0.2, 0.25) is 0 Å². The van der Waals surface area contributed by atoms with Crippen molar-refractivity contribution in [3.05, 3.63) is 72.4 Å². The molecule has 1 atom stereocenters. The summed E-state index contributed by atoms with van der Waals surface area (Å²) >= 11 is 0. The van der Waals surface area contributed by atoms with Gasteiger partial charge >= 0.3 is 0 Å². The minimum absolute atomic E-state index is 0.375. The Kier molecular flexibility index (Phi) is 5.83. The molecule has 2 aromatic carbocycles. The van der Waals surface area contributed by atoms with E-state index in [0.717, 1.165) is 85.3 Å². The van der Waals surface area contributed by atoms with Crippen LogP contribution in [0, 0.1) is 0 Å². The second-order valence-corrected chi connectivity index (χ2v) is 11.6. The minimum Gasteiger partial charge on any atom is -0.338 e. The molecule has 0 spiro atoms. The predicted molar refractivity (Wildman–Crippen MR) is 146 cm³/mol. The van der Waals surface area contributed by atoms with Crippen LogP contribution in [0.15, 0.2) is 66.9 Å². The number of nitrogens with zero attached hydrogens (tertiary/aromatic N) is 5. The van der Waals surface area contributed by atoms with Crippen molar-refractivity contribution in [2.45, 2.75) is 43.5 Å². The molecule has 1 saturated heterocycles. The molecule has 8 nitrogen and oxygen atoms in total. The quantitative estimate of drug-likeness (QED) is 0.351. The van der Waals surface area contributed by atoms with Crippen LogP contribution in [-0.4, -0.2) is 53.2 Å². The van der Waals surface area contributed by atoms with Crippen LogP contribution < -0.4 is 10.0 Å². The van der Waals surface area contributed by atoms with Gasteiger partial charge in [-0.25, -0.2) is 13.9 Å². The van der Waals surface area contributed by atoms with E-state index in [1.807, 2.05) is 30.3 Å². The van der Waals surface area contributed by atoms with E-state index >= 15 is 0 Å². The number of aromatic nitrogens is 4. The Hall–Kier alpha value is -3.40. The number of fused-ring (bicyclic) bond motifs is 5. The first kappa shape index (κ1) is 22.8. The molecule has 9 heteroatoms. The third-order valence-electron chi connectivity index (χ3n) is 7.43. The summed E-state index contributed by atoms with van der Waals surface area (Å²) in [5, 5.41) is 13.1. The second kappa shape index (κ2) is 9.48. The van der Waals surface area contributed by atoms with Gasteiger partial charge < -0.3 is 5.32 Å². The standard InChI is InChI=1S/C28H29N7OS/c36-37(22-11-12-22)33-21-13-16-34(17-14-21)18-19-7-9-20(10-8-19)27-31-32-28-23-4-1-2-5-24(23)30-26-25(35(27)28)6-3-15-29-26/h1-10,15,21-22,33H,11-14,16-18H2,(H,29,30). The summed E-state index contributed by atoms with van der Waals surface area (Å²) in [6.45, 7) is 2.96. The lowest BCUT2D eigenvalue weighted by Crippen LogP contribution is -2.43. The van der Waals surface area contributed by atoms with E-state index in [2.05, 4.69) is 65.0 Å². The highest BCUT2D eigenvalue weighted by atomic mass is 32.2. The molecule has 0 amide bonds. The maximum absolute atomic E-state index is 12.2. The van der Waals surface area contributed by atoms with Gasteiger partial charge in [0.2, 0.25) is 0 Å². The van der Waals surface area contributed by atoms with Crippen molar-refractivity contribution in [3.8, 4) is 28.5 Å². The van der Waals surface area contributed by atoms with Gasteiger partial charge in [-0.15, -0.1) is 10.2 Å². The molecular weight excluding hydrogens is 482 g/mol. The van der Waals surface area contributed by atoms with E-state index in [1.54, 1.807) is 6.20 Å². The molecule has 2 aliphatic heterocycles. The zero-order valence-electron chi connectivity index (χ0n) is 20.5. The van der Waals surface area contributed by atoms with Crippen molar-refractivity contribution in [1.82, 2.24) is 29.4 Å². The van der Waals surface area contributed by atoms with E-state index in [0.29, 0.717) is 11.3 Å². The summed E-state index contributed by atoms with van der Waals surface area (Å²) in [4.78, 5) is 7.08. The number of rotatable bonds is 6. The second-order valence-electron chi connectivity index (χ2n) is 10.1. The monoisotopic (exact) mass is 511 g/mol. The van der Waals surface area contributed by atoms with Crippen LogP contribution in [0.1, 0.15) is 31.2 Å². The number of nitrogens with one attached hydrogen (secondary N) is 2. The molecule has 1 unspecified atom stereocenters. The van der Waals surface area contributed by atoms with Crippen LogP contribution in [0.25, 0.3) is 28.5 Å². The van der Waals surface area contributed by atoms with Crippen LogP contribution in [-0.2, 0) is 17.5 Å². The number of para-hydroxylation sites is 1. The normalized spacial score (nSPS) is 18.3. The van der Waals surface area contributed by atoms with Gasteiger partial charge in [-0.2, -0.15) is 0 Å². The Morgan fingerprint density at radius 3 is 2.51 bits per heavy atom. The van der Waals surface area contributed by atoms with Gasteiger partial charge in [-0.3, -0.25) is 9.47 Å². The van der Waals surface area contributed by atoms with E-state index in [9.17, 15) is 4.21 Å². The van der Waals surface area contributed by atoms with Crippen LogP contribution in [0.5, 0.6) is 0 Å². The Morgan fingerprint density at radius 1 is 0.919 bits per heavy atom. The molecule has 0 radical (unpaired) electrons. The van der Waals surface area contributed by atoms with Crippen molar-refractivity contribution in [3.63, 3.8) is 0 Å². The molecule has 7 rings (SSSR count). The SMILES string of the molecule is O=S(NC1CCN(Cc2ccc(-c3nnc4n3-c3cccnc3Nc3ccccc3-4)cc2)CC1)C1CC1. The molecule has 3 aliphatic rings. The van der Waals surface area contributed by atoms with Gasteiger partial charge in [-0.1, -0.05) is 36.4 Å². The Morgan fingerprint density at radius 2 is 1.70 bits per heavy atom. The zero-order chi connectivity index (χ0) is 24.8. The van der Waals surface area contributed by atoms with E-state index < -0.39 is 11.0 Å². The fourth-order valence-corrected chi connectivity index (χ4v) is 6.55. The molecule has 2 fully saturated rings. The van der Waals surface area contributed by atoms with Gasteiger partial charge in [0.25, 0.3) is 0 Å². The van der Waals surface area contributed by atoms with Crippen molar-refractivity contribution >= 4 is 22.5 Å². The van der Waals surface area contributed by atoms with Gasteiger partial charge in [0.05, 0.1) is 22.4 Å². The largest absolute Gasteiger partial charge is 0.338 e. The highest BCUT2D eigenvalue weighted by molar-refractivity contribution is 7.84. The molecule has 4 aromatic rings. The topological polar surface area (TPSA) is 88.0 Å². The fourth-order valence-electron chi connectivity index (χ4n) is 5.23. The van der Waals surface area contributed by atoms with Crippen molar-refractivity contribution in [2.75, 3.05) is 18.4 Å². The highest BCUT2D eigenvalue weighted by Gasteiger charge is 2.31. The van der Waals surface area contributed by atoms with E-state index in [4.69, 9.17) is 0 Å². The number of piperidine rings is 1. The highest BCUT2D eigenvalue weighted by Crippen LogP contribution is 2.39. The molecule has 4 heterocycles. The summed E-state index contributed by atoms with van der Waals surface area (Å²) in [5.74, 6) is 2.38. The lowest BCUT2D eigenvalue weighted by atomic mass is 10.0. The number of benzene rings is 2. The maximum atomic E-state index is 12.2. The summed E-state index contributed by atoms with van der Waals surface area (Å²) in [6.07, 6.45) is 6.11. The number of pyridine rings is 1. The zero-order valence-corrected chi connectivity index (χ0v) is 21.3. The van der Waals surface area contributed by atoms with Crippen LogP contribution in [0.4, 0.5) is 11.5 Å². The average molecular weight is 512 g/mol. The summed E-state index contributed by atoms with van der Waals surface area (Å²) < 4.78 is 17.6. The van der Waals surface area contributed by atoms with Gasteiger partial charge in [0, 0.05) is 48.2 Å². The smallest absolute Gasteiger partial charge is 0.171 e. The summed E-state index contributed by atoms with van der Waals surface area (Å²) in [6, 6.07) is 21.1. The Balaban J connectivity index is 1.10. The van der Waals surface area contributed by atoms with E-state index in [1.165, 1.54) is 5.56 Å². The lowest BCUT2D eigenvalue weighted by molar-refractivity contribution is 0.200. The molecule has 188 valence electrons. The molecule has 0 bridgehead atoms. The molecule has 1 saturated carbocycles. The number of likely N-dealkylation sites (tertiary alicyclic amines) is 1. The third kappa shape index (κ3) is 4.47. The first-order valence-electron chi connectivity index (χ1n) is 13.0. The Labute approximate surface area is 218 Å². The first-order chi connectivity index (χ1) is 18.2. The summed E-state index contributed by atoms with van der Waals surface area (Å²) in [5.41, 5.74) is 5.18. The fraction of sp³-hybridized carbons (Fsp3) is 0.321. The van der Waals surface area contributed by atoms with Crippen LogP contribution >= 0.6 is 0 Å². The van der Waals surface area contributed by atoms with Crippen molar-refractivity contribution in [2.24, 2.45) is 0 Å². The average Bonchev–Trinajstić information content (AvgIpc) is 3.72. The number of anilines is 2. The van der Waals surface area contributed by atoms with E-state index in [-0.39, 0.29) is 0 Å². The predicted octanol–water partition coefficient (Wildman–Crippen LogP) is 4.43. The molecule has 2 N–H and O–H groups in total.